The van der Waals surface area contributed by atoms with E-state index in [0.29, 0.717) is 13.1 Å². The Bertz CT molecular complexity index is 296. The number of amides is 2. The summed E-state index contributed by atoms with van der Waals surface area (Å²) in [7, 11) is 1.66. The molecule has 18 heavy (non-hydrogen) atoms. The van der Waals surface area contributed by atoms with Gasteiger partial charge in [0.05, 0.1) is 13.1 Å². The molecule has 1 saturated heterocycles. The molecule has 3 N–H and O–H groups in total. The molecule has 1 fully saturated rings. The number of likely N-dealkylation sites (N-methyl/N-ethyl adjacent to an activating group) is 1. The number of nitrogens with one attached hydrogen (secondary N) is 1. The Kier molecular flexibility index (Phi) is 6.07. The van der Waals surface area contributed by atoms with Crippen LogP contribution in [0.15, 0.2) is 0 Å². The molecule has 1 heterocycles. The summed E-state index contributed by atoms with van der Waals surface area (Å²) in [5.41, 5.74) is 5.78. The highest BCUT2D eigenvalue weighted by Crippen LogP contribution is 2.06. The van der Waals surface area contributed by atoms with Gasteiger partial charge in [-0.25, -0.2) is 0 Å². The first-order valence-electron chi connectivity index (χ1n) is 6.51. The Balaban J connectivity index is 2.26. The molecular weight excluding hydrogens is 232 g/mol. The van der Waals surface area contributed by atoms with Crippen LogP contribution in [0.25, 0.3) is 0 Å². The summed E-state index contributed by atoms with van der Waals surface area (Å²) in [5, 5.41) is 2.75. The molecule has 0 saturated carbocycles. The first-order chi connectivity index (χ1) is 8.52. The SMILES string of the molecule is CCCNC(=O)CN(C)C(=O)CN1CC[C@@H](N)C1. The fraction of sp³-hybridized carbons (Fsp3) is 0.833. The van der Waals surface area contributed by atoms with Crippen molar-refractivity contribution in [3.05, 3.63) is 0 Å². The molecule has 1 aliphatic rings. The van der Waals surface area contributed by atoms with Crippen LogP contribution < -0.4 is 11.1 Å². The summed E-state index contributed by atoms with van der Waals surface area (Å²) >= 11 is 0. The number of hydrogen-bond acceptors (Lipinski definition) is 4. The largest absolute Gasteiger partial charge is 0.355 e. The second kappa shape index (κ2) is 7.33. The molecule has 0 aliphatic carbocycles. The third-order valence-electron chi connectivity index (χ3n) is 3.05. The molecule has 0 aromatic rings. The van der Waals surface area contributed by atoms with Gasteiger partial charge in [-0.05, 0) is 12.8 Å². The van der Waals surface area contributed by atoms with Gasteiger partial charge in [0.2, 0.25) is 11.8 Å². The highest BCUT2D eigenvalue weighted by Gasteiger charge is 2.22. The summed E-state index contributed by atoms with van der Waals surface area (Å²) in [4.78, 5) is 26.8. The maximum Gasteiger partial charge on any atom is 0.239 e. The summed E-state index contributed by atoms with van der Waals surface area (Å²) in [6.07, 6.45) is 1.84. The highest BCUT2D eigenvalue weighted by molar-refractivity contribution is 5.85. The third-order valence-corrected chi connectivity index (χ3v) is 3.05. The van der Waals surface area contributed by atoms with E-state index in [4.69, 9.17) is 5.73 Å². The van der Waals surface area contributed by atoms with E-state index < -0.39 is 0 Å². The van der Waals surface area contributed by atoms with Gasteiger partial charge in [0.1, 0.15) is 0 Å². The maximum absolute atomic E-state index is 11.9. The van der Waals surface area contributed by atoms with E-state index in [2.05, 4.69) is 5.32 Å². The van der Waals surface area contributed by atoms with Gasteiger partial charge in [-0.15, -0.1) is 0 Å². The fourth-order valence-corrected chi connectivity index (χ4v) is 1.94. The molecule has 1 atom stereocenters. The minimum atomic E-state index is -0.106. The maximum atomic E-state index is 11.9. The summed E-state index contributed by atoms with van der Waals surface area (Å²) < 4.78 is 0. The van der Waals surface area contributed by atoms with Crippen LogP contribution in [-0.4, -0.2) is 67.4 Å². The second-order valence-corrected chi connectivity index (χ2v) is 4.88. The van der Waals surface area contributed by atoms with E-state index in [1.807, 2.05) is 11.8 Å². The van der Waals surface area contributed by atoms with Gasteiger partial charge in [0, 0.05) is 32.7 Å². The Morgan fingerprint density at radius 1 is 1.50 bits per heavy atom. The van der Waals surface area contributed by atoms with Gasteiger partial charge >= 0.3 is 0 Å². The van der Waals surface area contributed by atoms with Crippen LogP contribution in [0.4, 0.5) is 0 Å². The Hall–Kier alpha value is -1.14. The van der Waals surface area contributed by atoms with Gasteiger partial charge in [-0.2, -0.15) is 0 Å². The topological polar surface area (TPSA) is 78.7 Å². The molecule has 0 radical (unpaired) electrons. The number of rotatable bonds is 6. The van der Waals surface area contributed by atoms with E-state index in [9.17, 15) is 9.59 Å². The summed E-state index contributed by atoms with van der Waals surface area (Å²) in [5.74, 6) is -0.137. The van der Waals surface area contributed by atoms with Gasteiger partial charge < -0.3 is 16.0 Å². The van der Waals surface area contributed by atoms with Crippen molar-refractivity contribution < 1.29 is 9.59 Å². The van der Waals surface area contributed by atoms with Crippen molar-refractivity contribution in [1.29, 1.82) is 0 Å². The average Bonchev–Trinajstić information content (AvgIpc) is 2.72. The molecular formula is C12H24N4O2. The van der Waals surface area contributed by atoms with E-state index in [0.717, 1.165) is 25.9 Å². The Morgan fingerprint density at radius 3 is 2.78 bits per heavy atom. The van der Waals surface area contributed by atoms with E-state index in [1.165, 1.54) is 4.90 Å². The number of carbonyl (C=O) groups excluding carboxylic acids is 2. The zero-order valence-electron chi connectivity index (χ0n) is 11.3. The van der Waals surface area contributed by atoms with Gasteiger partial charge in [0.25, 0.3) is 0 Å². The van der Waals surface area contributed by atoms with E-state index in [1.54, 1.807) is 7.05 Å². The van der Waals surface area contributed by atoms with Crippen LogP contribution in [0.5, 0.6) is 0 Å². The summed E-state index contributed by atoms with van der Waals surface area (Å²) in [6.45, 7) is 4.75. The molecule has 6 nitrogen and oxygen atoms in total. The smallest absolute Gasteiger partial charge is 0.239 e. The quantitative estimate of drug-likeness (QED) is 0.639. The van der Waals surface area contributed by atoms with Gasteiger partial charge in [-0.3, -0.25) is 14.5 Å². The van der Waals surface area contributed by atoms with E-state index in [-0.39, 0.29) is 24.4 Å². The van der Waals surface area contributed by atoms with Gasteiger partial charge in [0.15, 0.2) is 0 Å². The molecule has 0 spiro atoms. The number of carbonyl (C=O) groups is 2. The van der Waals surface area contributed by atoms with Crippen molar-refractivity contribution in [2.45, 2.75) is 25.8 Å². The van der Waals surface area contributed by atoms with Crippen molar-refractivity contribution in [2.75, 3.05) is 39.8 Å². The van der Waals surface area contributed by atoms with Gasteiger partial charge in [-0.1, -0.05) is 6.92 Å². The zero-order valence-corrected chi connectivity index (χ0v) is 11.3. The lowest BCUT2D eigenvalue weighted by atomic mass is 10.3. The molecule has 6 heteroatoms. The van der Waals surface area contributed by atoms with Crippen molar-refractivity contribution >= 4 is 11.8 Å². The molecule has 104 valence electrons. The first kappa shape index (κ1) is 14.9. The predicted molar refractivity (Wildman–Crippen MR) is 70.0 cm³/mol. The number of hydrogen-bond donors (Lipinski definition) is 2. The summed E-state index contributed by atoms with van der Waals surface area (Å²) in [6, 6.07) is 0.177. The minimum Gasteiger partial charge on any atom is -0.355 e. The van der Waals surface area contributed by atoms with Crippen LogP contribution in [0.3, 0.4) is 0 Å². The monoisotopic (exact) mass is 256 g/mol. The van der Waals surface area contributed by atoms with Crippen LogP contribution in [0.1, 0.15) is 19.8 Å². The molecule has 1 rings (SSSR count). The lowest BCUT2D eigenvalue weighted by Gasteiger charge is -2.21. The normalized spacial score (nSPS) is 19.8. The first-order valence-corrected chi connectivity index (χ1v) is 6.51. The molecule has 0 aromatic carbocycles. The molecule has 0 aromatic heterocycles. The van der Waals surface area contributed by atoms with Crippen molar-refractivity contribution in [3.63, 3.8) is 0 Å². The van der Waals surface area contributed by atoms with Crippen LogP contribution in [0.2, 0.25) is 0 Å². The molecule has 0 bridgehead atoms. The van der Waals surface area contributed by atoms with Crippen molar-refractivity contribution in [2.24, 2.45) is 5.73 Å². The number of nitrogens with two attached hydrogens (primary N) is 1. The fourth-order valence-electron chi connectivity index (χ4n) is 1.94. The third kappa shape index (κ3) is 5.01. The van der Waals surface area contributed by atoms with Crippen molar-refractivity contribution in [1.82, 2.24) is 15.1 Å². The molecule has 0 unspecified atom stereocenters. The lowest BCUT2D eigenvalue weighted by Crippen LogP contribution is -2.43. The van der Waals surface area contributed by atoms with E-state index >= 15 is 0 Å². The molecule has 2 amide bonds. The average molecular weight is 256 g/mol. The van der Waals surface area contributed by atoms with Crippen LogP contribution >= 0.6 is 0 Å². The zero-order chi connectivity index (χ0) is 13.5. The lowest BCUT2D eigenvalue weighted by molar-refractivity contribution is -0.135. The number of nitrogens with zero attached hydrogens (tertiary/aromatic N) is 2. The Labute approximate surface area is 108 Å². The minimum absolute atomic E-state index is 0.0317. The predicted octanol–water partition coefficient (Wildman–Crippen LogP) is -0.996. The Morgan fingerprint density at radius 2 is 2.22 bits per heavy atom. The second-order valence-electron chi connectivity index (χ2n) is 4.88. The molecule has 1 aliphatic heterocycles. The van der Waals surface area contributed by atoms with Crippen LogP contribution in [0, 0.1) is 0 Å². The van der Waals surface area contributed by atoms with Crippen LogP contribution in [-0.2, 0) is 9.59 Å². The highest BCUT2D eigenvalue weighted by atomic mass is 16.2. The van der Waals surface area contributed by atoms with Crippen molar-refractivity contribution in [3.8, 4) is 0 Å². The standard InChI is InChI=1S/C12H24N4O2/c1-3-5-14-11(17)8-15(2)12(18)9-16-6-4-10(13)7-16/h10H,3-9,13H2,1-2H3,(H,14,17)/t10-/m1/s1. The number of likely N-dealkylation sites (tertiary alicyclic amines) is 1.